The number of amides is 1. The first kappa shape index (κ1) is 17.8. The van der Waals surface area contributed by atoms with Crippen molar-refractivity contribution < 1.29 is 13.9 Å². The normalized spacial score (nSPS) is 11.9. The van der Waals surface area contributed by atoms with Crippen molar-refractivity contribution in [3.8, 4) is 0 Å². The maximum Gasteiger partial charge on any atom is 0.408 e. The maximum absolute atomic E-state index is 13.5. The van der Waals surface area contributed by atoms with E-state index in [1.165, 1.54) is 18.2 Å². The van der Waals surface area contributed by atoms with Gasteiger partial charge in [-0.15, -0.1) is 0 Å². The van der Waals surface area contributed by atoms with E-state index in [2.05, 4.69) is 10.3 Å². The first-order valence-electron chi connectivity index (χ1n) is 7.87. The van der Waals surface area contributed by atoms with Gasteiger partial charge in [0.25, 0.3) is 0 Å². The number of halogens is 1. The van der Waals surface area contributed by atoms with E-state index in [-0.39, 0.29) is 11.6 Å². The van der Waals surface area contributed by atoms with Gasteiger partial charge in [-0.1, -0.05) is 42.5 Å². The number of hydrogen-bond donors (Lipinski definition) is 2. The third-order valence-electron chi connectivity index (χ3n) is 3.78. The maximum atomic E-state index is 13.5. The van der Waals surface area contributed by atoms with Gasteiger partial charge in [-0.05, 0) is 24.6 Å². The summed E-state index contributed by atoms with van der Waals surface area (Å²) in [6.45, 7) is 1.74. The van der Waals surface area contributed by atoms with Crippen LogP contribution in [0.2, 0.25) is 0 Å². The second kappa shape index (κ2) is 7.49. The van der Waals surface area contributed by atoms with Crippen LogP contribution in [0.4, 0.5) is 9.18 Å². The molecule has 0 aliphatic heterocycles. The van der Waals surface area contributed by atoms with Crippen molar-refractivity contribution >= 4 is 34.3 Å². The fourth-order valence-corrected chi connectivity index (χ4v) is 2.73. The zero-order chi connectivity index (χ0) is 18.7. The molecule has 0 fully saturated rings. The fourth-order valence-electron chi connectivity index (χ4n) is 2.49. The highest BCUT2D eigenvalue weighted by Crippen LogP contribution is 2.13. The molecule has 0 aliphatic carbocycles. The van der Waals surface area contributed by atoms with Gasteiger partial charge in [0.15, 0.2) is 0 Å². The van der Waals surface area contributed by atoms with Crippen molar-refractivity contribution in [2.45, 2.75) is 19.6 Å². The Kier molecular flexibility index (Phi) is 5.13. The Morgan fingerprint density at radius 2 is 2.04 bits per heavy atom. The van der Waals surface area contributed by atoms with Gasteiger partial charge in [-0.25, -0.2) is 14.0 Å². The Morgan fingerprint density at radius 1 is 1.31 bits per heavy atom. The molecule has 3 rings (SSSR count). The summed E-state index contributed by atoms with van der Waals surface area (Å²) in [5.74, 6) is -0.490. The Labute approximate surface area is 153 Å². The largest absolute Gasteiger partial charge is 0.445 e. The summed E-state index contributed by atoms with van der Waals surface area (Å²) in [7, 11) is 0. The minimum atomic E-state index is -0.673. The number of nitrogens with one attached hydrogen (secondary N) is 2. The molecule has 26 heavy (non-hydrogen) atoms. The van der Waals surface area contributed by atoms with E-state index in [9.17, 15) is 14.0 Å². The van der Waals surface area contributed by atoms with Crippen molar-refractivity contribution in [2.75, 3.05) is 0 Å². The van der Waals surface area contributed by atoms with Crippen LogP contribution in [-0.4, -0.2) is 26.7 Å². The number of benzene rings is 2. The quantitative estimate of drug-likeness (QED) is 0.690. The zero-order valence-corrected chi connectivity index (χ0v) is 14.7. The molecule has 2 N–H and O–H groups in total. The molecule has 0 unspecified atom stereocenters. The molecular weight excluding hydrogens is 357 g/mol. The van der Waals surface area contributed by atoms with Gasteiger partial charge in [-0.3, -0.25) is 4.57 Å². The third-order valence-corrected chi connectivity index (χ3v) is 4.32. The van der Waals surface area contributed by atoms with E-state index in [4.69, 9.17) is 17.0 Å². The second-order valence-electron chi connectivity index (χ2n) is 5.69. The summed E-state index contributed by atoms with van der Waals surface area (Å²) in [6, 6.07) is 12.5. The lowest BCUT2D eigenvalue weighted by molar-refractivity contribution is 0.138. The lowest BCUT2D eigenvalue weighted by Crippen LogP contribution is -2.43. The van der Waals surface area contributed by atoms with Crippen molar-refractivity contribution in [2.24, 2.45) is 0 Å². The molecule has 0 bridgehead atoms. The highest BCUT2D eigenvalue weighted by molar-refractivity contribution is 7.80. The minimum absolute atomic E-state index is 0.115. The topological polar surface area (TPSA) is 76.1 Å². The van der Waals surface area contributed by atoms with Crippen molar-refractivity contribution in [3.63, 3.8) is 0 Å². The van der Waals surface area contributed by atoms with Crippen LogP contribution in [0.3, 0.4) is 0 Å². The molecule has 0 aliphatic rings. The number of aromatic amines is 1. The van der Waals surface area contributed by atoms with Crippen LogP contribution in [0.25, 0.3) is 11.0 Å². The summed E-state index contributed by atoms with van der Waals surface area (Å²) in [5, 5.41) is 2.57. The molecule has 1 amide bonds. The summed E-state index contributed by atoms with van der Waals surface area (Å²) < 4.78 is 19.8. The van der Waals surface area contributed by atoms with Crippen molar-refractivity contribution in [3.05, 3.63) is 70.4 Å². The number of nitrogens with zero attached hydrogens (tertiary/aromatic N) is 1. The number of fused-ring (bicyclic) bond motifs is 1. The van der Waals surface area contributed by atoms with Crippen LogP contribution in [0, 0.1) is 5.82 Å². The van der Waals surface area contributed by atoms with Gasteiger partial charge in [0.1, 0.15) is 17.4 Å². The molecule has 0 saturated heterocycles. The Morgan fingerprint density at radius 3 is 2.77 bits per heavy atom. The Balaban J connectivity index is 1.70. The number of hydrogen-bond acceptors (Lipinski definition) is 4. The molecule has 1 heterocycles. The Bertz CT molecular complexity index is 1010. The molecule has 0 saturated carbocycles. The van der Waals surface area contributed by atoms with E-state index < -0.39 is 23.6 Å². The highest BCUT2D eigenvalue weighted by Gasteiger charge is 2.19. The van der Waals surface area contributed by atoms with E-state index in [0.29, 0.717) is 11.0 Å². The zero-order valence-electron chi connectivity index (χ0n) is 13.9. The average Bonchev–Trinajstić information content (AvgIpc) is 2.95. The smallest absolute Gasteiger partial charge is 0.408 e. The lowest BCUT2D eigenvalue weighted by Gasteiger charge is -2.16. The van der Waals surface area contributed by atoms with Crippen LogP contribution >= 0.6 is 12.2 Å². The Hall–Kier alpha value is -3.00. The second-order valence-corrected chi connectivity index (χ2v) is 6.11. The van der Waals surface area contributed by atoms with Crippen LogP contribution in [0.15, 0.2) is 53.3 Å². The van der Waals surface area contributed by atoms with Crippen LogP contribution < -0.4 is 11.0 Å². The summed E-state index contributed by atoms with van der Waals surface area (Å²) in [6.07, 6.45) is -0.664. The standard InChI is InChI=1S/C18H16FN3O3S/c1-11(20-18(24)25-10-12-5-3-2-4-6-12)16(26)22-15-9-13(19)7-8-14(15)21-17(22)23/h2-9,11H,10H2,1H3,(H,20,24)(H,21,23)/t11-/m0/s1. The molecule has 0 spiro atoms. The molecule has 2 aromatic carbocycles. The molecule has 0 radical (unpaired) electrons. The van der Waals surface area contributed by atoms with Crippen molar-refractivity contribution in [1.82, 2.24) is 14.9 Å². The fraction of sp³-hybridized carbons (Fsp3) is 0.167. The van der Waals surface area contributed by atoms with Crippen LogP contribution in [0.1, 0.15) is 12.5 Å². The van der Waals surface area contributed by atoms with E-state index in [0.717, 1.165) is 10.1 Å². The van der Waals surface area contributed by atoms with E-state index in [1.807, 2.05) is 30.3 Å². The number of rotatable bonds is 4. The minimum Gasteiger partial charge on any atom is -0.445 e. The predicted octanol–water partition coefficient (Wildman–Crippen LogP) is 2.96. The monoisotopic (exact) mass is 373 g/mol. The SMILES string of the molecule is C[C@H](NC(=O)OCc1ccccc1)C(=S)n1c(=O)[nH]c2ccc(F)cc21. The number of imidazole rings is 1. The van der Waals surface area contributed by atoms with Crippen LogP contribution in [0.5, 0.6) is 0 Å². The first-order valence-corrected chi connectivity index (χ1v) is 8.28. The number of carbonyl (C=O) groups is 1. The lowest BCUT2D eigenvalue weighted by atomic mass is 10.2. The molecule has 1 aromatic heterocycles. The van der Waals surface area contributed by atoms with Gasteiger partial charge in [0, 0.05) is 6.07 Å². The number of ether oxygens (including phenoxy) is 1. The molecular formula is C18H16FN3O3S. The summed E-state index contributed by atoms with van der Waals surface area (Å²) >= 11 is 5.30. The summed E-state index contributed by atoms with van der Waals surface area (Å²) in [5.41, 5.74) is 1.12. The van der Waals surface area contributed by atoms with E-state index in [1.54, 1.807) is 6.92 Å². The van der Waals surface area contributed by atoms with Gasteiger partial charge < -0.3 is 15.0 Å². The highest BCUT2D eigenvalue weighted by atomic mass is 32.1. The molecule has 1 atom stereocenters. The predicted molar refractivity (Wildman–Crippen MR) is 99.7 cm³/mol. The number of carbonyl (C=O) groups excluding carboxylic acids is 1. The van der Waals surface area contributed by atoms with E-state index >= 15 is 0 Å². The number of alkyl carbamates (subject to hydrolysis) is 1. The molecule has 6 nitrogen and oxygen atoms in total. The van der Waals surface area contributed by atoms with Gasteiger partial charge in [0.2, 0.25) is 0 Å². The summed E-state index contributed by atoms with van der Waals surface area (Å²) in [4.78, 5) is 26.8. The molecule has 134 valence electrons. The van der Waals surface area contributed by atoms with Crippen molar-refractivity contribution in [1.29, 1.82) is 0 Å². The number of thiocarbonyl (C=S) groups is 1. The third kappa shape index (κ3) is 3.80. The molecule has 3 aromatic rings. The number of H-pyrrole nitrogens is 1. The molecule has 8 heteroatoms. The van der Waals surface area contributed by atoms with Gasteiger partial charge in [-0.2, -0.15) is 0 Å². The average molecular weight is 373 g/mol. The number of aromatic nitrogens is 2. The first-order chi connectivity index (χ1) is 12.5. The van der Waals surface area contributed by atoms with Crippen LogP contribution in [-0.2, 0) is 11.3 Å². The van der Waals surface area contributed by atoms with Gasteiger partial charge >= 0.3 is 11.8 Å². The van der Waals surface area contributed by atoms with Gasteiger partial charge in [0.05, 0.1) is 17.1 Å².